The number of anilines is 1. The Labute approximate surface area is 144 Å². The van der Waals surface area contributed by atoms with Gasteiger partial charge in [0.1, 0.15) is 11.5 Å². The van der Waals surface area contributed by atoms with E-state index in [1.54, 1.807) is 18.6 Å². The highest BCUT2D eigenvalue weighted by molar-refractivity contribution is 5.99. The molecule has 0 aliphatic heterocycles. The summed E-state index contributed by atoms with van der Waals surface area (Å²) in [6.07, 6.45) is 5.70. The summed E-state index contributed by atoms with van der Waals surface area (Å²) in [4.78, 5) is 20.4. The van der Waals surface area contributed by atoms with E-state index in [0.717, 1.165) is 33.1 Å². The van der Waals surface area contributed by atoms with Crippen molar-refractivity contribution in [2.75, 3.05) is 5.73 Å². The third-order valence-electron chi connectivity index (χ3n) is 4.39. The highest BCUT2D eigenvalue weighted by Crippen LogP contribution is 2.30. The molecule has 0 saturated carbocycles. The number of carbonyl (C=O) groups is 1. The summed E-state index contributed by atoms with van der Waals surface area (Å²) in [7, 11) is 0. The van der Waals surface area contributed by atoms with Crippen LogP contribution in [0.25, 0.3) is 27.5 Å². The molecule has 4 aromatic heterocycles. The zero-order valence-corrected chi connectivity index (χ0v) is 14.0. The summed E-state index contributed by atoms with van der Waals surface area (Å²) < 4.78 is 1.87. The van der Waals surface area contributed by atoms with E-state index in [2.05, 4.69) is 15.1 Å². The molecule has 6 heteroatoms. The number of aryl methyl sites for hydroxylation is 1. The molecular formula is C19H17N5O. The minimum absolute atomic E-state index is 0.0390. The van der Waals surface area contributed by atoms with Crippen LogP contribution in [0.5, 0.6) is 0 Å². The van der Waals surface area contributed by atoms with E-state index >= 15 is 0 Å². The average molecular weight is 331 g/mol. The number of ketones is 1. The third kappa shape index (κ3) is 2.42. The molecule has 0 aliphatic rings. The molecule has 0 aromatic carbocycles. The Bertz CT molecular complexity index is 1130. The lowest BCUT2D eigenvalue weighted by Crippen LogP contribution is -2.03. The molecule has 4 heterocycles. The highest BCUT2D eigenvalue weighted by Gasteiger charge is 2.14. The van der Waals surface area contributed by atoms with Crippen molar-refractivity contribution in [3.63, 3.8) is 0 Å². The quantitative estimate of drug-likeness (QED) is 0.581. The number of hydrogen-bond acceptors (Lipinski definition) is 5. The number of aromatic nitrogens is 4. The fourth-order valence-corrected chi connectivity index (χ4v) is 3.08. The van der Waals surface area contributed by atoms with Crippen molar-refractivity contribution >= 4 is 27.9 Å². The predicted molar refractivity (Wildman–Crippen MR) is 97.5 cm³/mol. The molecule has 0 saturated heterocycles. The molecule has 0 bridgehead atoms. The van der Waals surface area contributed by atoms with Crippen LogP contribution >= 0.6 is 0 Å². The lowest BCUT2D eigenvalue weighted by molar-refractivity contribution is 0.0983. The number of fused-ring (bicyclic) bond motifs is 3. The Balaban J connectivity index is 1.99. The summed E-state index contributed by atoms with van der Waals surface area (Å²) in [5, 5.41) is 6.42. The zero-order valence-electron chi connectivity index (χ0n) is 14.0. The molecular weight excluding hydrogens is 314 g/mol. The number of nitrogens with zero attached hydrogens (tertiary/aromatic N) is 4. The van der Waals surface area contributed by atoms with Crippen LogP contribution in [-0.4, -0.2) is 25.4 Å². The highest BCUT2D eigenvalue weighted by atomic mass is 16.1. The van der Waals surface area contributed by atoms with Gasteiger partial charge in [0.2, 0.25) is 0 Å². The largest absolute Gasteiger partial charge is 0.384 e. The standard InChI is InChI=1S/C19H17N5O/c1-3-18(25)15-6-11(2)14(10-21-15)17-7-12-9-22-19(20)8-13(12)16-4-5-23-24(16)17/h4-10H,3H2,1-2H3,(H2,20,22). The van der Waals surface area contributed by atoms with Gasteiger partial charge in [-0.2, -0.15) is 5.10 Å². The fraction of sp³-hybridized carbons (Fsp3) is 0.158. The Morgan fingerprint density at radius 2 is 2.04 bits per heavy atom. The first-order valence-corrected chi connectivity index (χ1v) is 8.10. The maximum absolute atomic E-state index is 11.9. The minimum atomic E-state index is 0.0390. The first kappa shape index (κ1) is 15.3. The molecule has 0 radical (unpaired) electrons. The topological polar surface area (TPSA) is 86.2 Å². The van der Waals surface area contributed by atoms with Crippen molar-refractivity contribution in [3.05, 3.63) is 54.1 Å². The third-order valence-corrected chi connectivity index (χ3v) is 4.39. The second kappa shape index (κ2) is 5.66. The van der Waals surface area contributed by atoms with Gasteiger partial charge in [0.25, 0.3) is 0 Å². The normalized spacial score (nSPS) is 11.3. The molecule has 25 heavy (non-hydrogen) atoms. The lowest BCUT2D eigenvalue weighted by Gasteiger charge is -2.12. The molecule has 0 amide bonds. The second-order valence-corrected chi connectivity index (χ2v) is 6.02. The van der Waals surface area contributed by atoms with Crippen molar-refractivity contribution in [1.29, 1.82) is 0 Å². The van der Waals surface area contributed by atoms with Gasteiger partial charge in [0, 0.05) is 35.2 Å². The van der Waals surface area contributed by atoms with E-state index in [-0.39, 0.29) is 5.78 Å². The van der Waals surface area contributed by atoms with Crippen LogP contribution in [0.2, 0.25) is 0 Å². The Morgan fingerprint density at radius 3 is 2.80 bits per heavy atom. The molecule has 0 atom stereocenters. The molecule has 0 unspecified atom stereocenters. The summed E-state index contributed by atoms with van der Waals surface area (Å²) in [6.45, 7) is 3.81. The van der Waals surface area contributed by atoms with Crippen LogP contribution in [0, 0.1) is 6.92 Å². The van der Waals surface area contributed by atoms with Gasteiger partial charge in [-0.05, 0) is 36.8 Å². The minimum Gasteiger partial charge on any atom is -0.384 e. The molecule has 4 rings (SSSR count). The molecule has 4 aromatic rings. The molecule has 124 valence electrons. The smallest absolute Gasteiger partial charge is 0.180 e. The number of hydrogen-bond donors (Lipinski definition) is 1. The van der Waals surface area contributed by atoms with Crippen LogP contribution in [0.15, 0.2) is 42.9 Å². The van der Waals surface area contributed by atoms with Crippen LogP contribution in [-0.2, 0) is 0 Å². The van der Waals surface area contributed by atoms with E-state index in [0.29, 0.717) is 17.9 Å². The van der Waals surface area contributed by atoms with Gasteiger partial charge in [-0.25, -0.2) is 9.50 Å². The van der Waals surface area contributed by atoms with Crippen LogP contribution in [0.3, 0.4) is 0 Å². The average Bonchev–Trinajstić information content (AvgIpc) is 3.11. The van der Waals surface area contributed by atoms with Gasteiger partial charge in [0.05, 0.1) is 17.4 Å². The van der Waals surface area contributed by atoms with E-state index in [1.807, 2.05) is 42.6 Å². The van der Waals surface area contributed by atoms with Gasteiger partial charge in [-0.15, -0.1) is 0 Å². The summed E-state index contributed by atoms with van der Waals surface area (Å²) in [6, 6.07) is 7.66. The van der Waals surface area contributed by atoms with Gasteiger partial charge in [-0.3, -0.25) is 9.78 Å². The van der Waals surface area contributed by atoms with Gasteiger partial charge in [-0.1, -0.05) is 6.92 Å². The van der Waals surface area contributed by atoms with E-state index in [1.165, 1.54) is 0 Å². The number of nitrogen functional groups attached to an aromatic ring is 1. The van der Waals surface area contributed by atoms with Crippen molar-refractivity contribution in [1.82, 2.24) is 19.6 Å². The van der Waals surface area contributed by atoms with Crippen LogP contribution < -0.4 is 5.73 Å². The van der Waals surface area contributed by atoms with Gasteiger partial charge < -0.3 is 5.73 Å². The first-order chi connectivity index (χ1) is 12.1. The van der Waals surface area contributed by atoms with Crippen molar-refractivity contribution in [3.8, 4) is 11.3 Å². The van der Waals surface area contributed by atoms with Gasteiger partial charge in [0.15, 0.2) is 5.78 Å². The predicted octanol–water partition coefficient (Wildman–Crippen LogP) is 3.43. The Morgan fingerprint density at radius 1 is 1.20 bits per heavy atom. The molecule has 0 spiro atoms. The number of carbonyl (C=O) groups excluding carboxylic acids is 1. The zero-order chi connectivity index (χ0) is 17.6. The van der Waals surface area contributed by atoms with Crippen molar-refractivity contribution < 1.29 is 4.79 Å². The monoisotopic (exact) mass is 331 g/mol. The maximum atomic E-state index is 11.9. The summed E-state index contributed by atoms with van der Waals surface area (Å²) in [5.41, 5.74) is 10.1. The summed E-state index contributed by atoms with van der Waals surface area (Å²) in [5.74, 6) is 0.515. The van der Waals surface area contributed by atoms with E-state index in [9.17, 15) is 4.79 Å². The Hall–Kier alpha value is -3.28. The van der Waals surface area contributed by atoms with Crippen molar-refractivity contribution in [2.45, 2.75) is 20.3 Å². The SMILES string of the molecule is CCC(=O)c1cc(C)c(-c2cc3cnc(N)cc3c3ccnn23)cn1. The van der Waals surface area contributed by atoms with E-state index < -0.39 is 0 Å². The molecule has 0 aliphatic carbocycles. The number of Topliss-reactive ketones (excluding diaryl/α,β-unsaturated/α-hetero) is 1. The van der Waals surface area contributed by atoms with Crippen LogP contribution in [0.4, 0.5) is 5.82 Å². The summed E-state index contributed by atoms with van der Waals surface area (Å²) >= 11 is 0. The molecule has 0 fully saturated rings. The lowest BCUT2D eigenvalue weighted by atomic mass is 10.0. The molecule has 2 N–H and O–H groups in total. The first-order valence-electron chi connectivity index (χ1n) is 8.10. The number of pyridine rings is 3. The second-order valence-electron chi connectivity index (χ2n) is 6.02. The fourth-order valence-electron chi connectivity index (χ4n) is 3.08. The van der Waals surface area contributed by atoms with E-state index in [4.69, 9.17) is 5.73 Å². The van der Waals surface area contributed by atoms with Gasteiger partial charge >= 0.3 is 0 Å². The number of rotatable bonds is 3. The van der Waals surface area contributed by atoms with Crippen LogP contribution in [0.1, 0.15) is 29.4 Å². The number of nitrogens with two attached hydrogens (primary N) is 1. The maximum Gasteiger partial charge on any atom is 0.180 e. The van der Waals surface area contributed by atoms with Crippen molar-refractivity contribution in [2.24, 2.45) is 0 Å². The molecule has 6 nitrogen and oxygen atoms in total. The Kier molecular flexibility index (Phi) is 3.46.